The molecule has 1 heterocycles. The minimum absolute atomic E-state index is 0.181. The van der Waals surface area contributed by atoms with Crippen LogP contribution in [-0.4, -0.2) is 9.78 Å². The molecule has 0 saturated carbocycles. The van der Waals surface area contributed by atoms with Crippen LogP contribution in [0, 0.1) is 5.82 Å². The maximum absolute atomic E-state index is 13.8. The van der Waals surface area contributed by atoms with Gasteiger partial charge in [-0.1, -0.05) is 13.0 Å². The summed E-state index contributed by atoms with van der Waals surface area (Å²) in [5.41, 5.74) is 6.44. The molecule has 4 nitrogen and oxygen atoms in total. The molecular weight excluding hydrogens is 245 g/mol. The Bertz CT molecular complexity index is 551. The first-order chi connectivity index (χ1) is 9.10. The Balaban J connectivity index is 2.13. The van der Waals surface area contributed by atoms with Crippen LogP contribution in [-0.2, 0) is 6.54 Å². The van der Waals surface area contributed by atoms with Crippen molar-refractivity contribution in [2.75, 3.05) is 0 Å². The van der Waals surface area contributed by atoms with Gasteiger partial charge in [0.1, 0.15) is 0 Å². The van der Waals surface area contributed by atoms with Crippen LogP contribution in [0.1, 0.15) is 31.9 Å². The van der Waals surface area contributed by atoms with E-state index >= 15 is 0 Å². The van der Waals surface area contributed by atoms with Crippen molar-refractivity contribution < 1.29 is 9.13 Å². The SMILES string of the molecule is CCCn1cc(Oc2ccc(C(C)N)cc2F)cn1. The van der Waals surface area contributed by atoms with Gasteiger partial charge in [-0.2, -0.15) is 5.10 Å². The average Bonchev–Trinajstić information content (AvgIpc) is 2.79. The van der Waals surface area contributed by atoms with Gasteiger partial charge in [0.2, 0.25) is 0 Å². The highest BCUT2D eigenvalue weighted by Crippen LogP contribution is 2.26. The molecule has 1 aromatic heterocycles. The zero-order valence-electron chi connectivity index (χ0n) is 11.1. The van der Waals surface area contributed by atoms with Gasteiger partial charge in [0.25, 0.3) is 0 Å². The summed E-state index contributed by atoms with van der Waals surface area (Å²) in [4.78, 5) is 0. The molecule has 0 bridgehead atoms. The highest BCUT2D eigenvalue weighted by molar-refractivity contribution is 5.33. The molecule has 0 aliphatic carbocycles. The number of nitrogens with two attached hydrogens (primary N) is 1. The number of halogens is 1. The second kappa shape index (κ2) is 5.84. The summed E-state index contributed by atoms with van der Waals surface area (Å²) in [7, 11) is 0. The largest absolute Gasteiger partial charge is 0.451 e. The fourth-order valence-corrected chi connectivity index (χ4v) is 1.76. The molecule has 2 aromatic rings. The predicted molar refractivity (Wildman–Crippen MR) is 71.6 cm³/mol. The van der Waals surface area contributed by atoms with Crippen molar-refractivity contribution in [3.63, 3.8) is 0 Å². The van der Waals surface area contributed by atoms with Gasteiger partial charge < -0.3 is 10.5 Å². The quantitative estimate of drug-likeness (QED) is 0.901. The first-order valence-electron chi connectivity index (χ1n) is 6.35. The van der Waals surface area contributed by atoms with E-state index < -0.39 is 5.82 Å². The number of aryl methyl sites for hydroxylation is 1. The second-order valence-corrected chi connectivity index (χ2v) is 4.52. The van der Waals surface area contributed by atoms with E-state index in [9.17, 15) is 4.39 Å². The van der Waals surface area contributed by atoms with Crippen LogP contribution in [0.4, 0.5) is 4.39 Å². The number of nitrogens with zero attached hydrogens (tertiary/aromatic N) is 2. The lowest BCUT2D eigenvalue weighted by molar-refractivity contribution is 0.440. The van der Waals surface area contributed by atoms with E-state index in [1.165, 1.54) is 6.07 Å². The minimum atomic E-state index is -0.418. The van der Waals surface area contributed by atoms with Crippen LogP contribution in [0.25, 0.3) is 0 Å². The fourth-order valence-electron chi connectivity index (χ4n) is 1.76. The number of aromatic nitrogens is 2. The molecule has 0 saturated heterocycles. The standard InChI is InChI=1S/C14H18FN3O/c1-3-6-18-9-12(8-17-18)19-14-5-4-11(10(2)16)7-13(14)15/h4-5,7-10H,3,6,16H2,1-2H3. The van der Waals surface area contributed by atoms with Crippen molar-refractivity contribution in [2.24, 2.45) is 5.73 Å². The van der Waals surface area contributed by atoms with Gasteiger partial charge in [-0.3, -0.25) is 4.68 Å². The first-order valence-corrected chi connectivity index (χ1v) is 6.35. The molecule has 2 rings (SSSR count). The third-order valence-corrected chi connectivity index (χ3v) is 2.77. The van der Waals surface area contributed by atoms with Gasteiger partial charge in [0.05, 0.1) is 12.4 Å². The summed E-state index contributed by atoms with van der Waals surface area (Å²) in [5, 5.41) is 4.13. The Hall–Kier alpha value is -1.88. The van der Waals surface area contributed by atoms with Crippen molar-refractivity contribution in [3.8, 4) is 11.5 Å². The lowest BCUT2D eigenvalue weighted by Crippen LogP contribution is -2.05. The summed E-state index contributed by atoms with van der Waals surface area (Å²) in [6.45, 7) is 4.69. The second-order valence-electron chi connectivity index (χ2n) is 4.52. The van der Waals surface area contributed by atoms with E-state index in [4.69, 9.17) is 10.5 Å². The molecule has 0 aliphatic heterocycles. The molecular formula is C14H18FN3O. The summed E-state index contributed by atoms with van der Waals surface area (Å²) >= 11 is 0. The van der Waals surface area contributed by atoms with Crippen LogP contribution < -0.4 is 10.5 Å². The van der Waals surface area contributed by atoms with E-state index in [2.05, 4.69) is 12.0 Å². The molecule has 0 radical (unpaired) electrons. The monoisotopic (exact) mass is 263 g/mol. The normalized spacial score (nSPS) is 12.4. The Labute approximate surface area is 112 Å². The van der Waals surface area contributed by atoms with E-state index in [1.54, 1.807) is 29.2 Å². The zero-order chi connectivity index (χ0) is 13.8. The van der Waals surface area contributed by atoms with Gasteiger partial charge in [-0.15, -0.1) is 0 Å². The summed E-state index contributed by atoms with van der Waals surface area (Å²) < 4.78 is 21.1. The topological polar surface area (TPSA) is 53.1 Å². The highest BCUT2D eigenvalue weighted by Gasteiger charge is 2.09. The first kappa shape index (κ1) is 13.5. The van der Waals surface area contributed by atoms with Crippen LogP contribution in [0.15, 0.2) is 30.6 Å². The van der Waals surface area contributed by atoms with Gasteiger partial charge in [0.15, 0.2) is 17.3 Å². The third kappa shape index (κ3) is 3.32. The average molecular weight is 263 g/mol. The van der Waals surface area contributed by atoms with Crippen LogP contribution in [0.3, 0.4) is 0 Å². The Morgan fingerprint density at radius 1 is 1.47 bits per heavy atom. The van der Waals surface area contributed by atoms with Gasteiger partial charge in [-0.25, -0.2) is 4.39 Å². The Kier molecular flexibility index (Phi) is 4.16. The van der Waals surface area contributed by atoms with E-state index in [0.717, 1.165) is 18.5 Å². The third-order valence-electron chi connectivity index (χ3n) is 2.77. The molecule has 1 unspecified atom stereocenters. The van der Waals surface area contributed by atoms with Crippen molar-refractivity contribution >= 4 is 0 Å². The number of rotatable bonds is 5. The summed E-state index contributed by atoms with van der Waals surface area (Å²) in [5.74, 6) is 0.291. The smallest absolute Gasteiger partial charge is 0.166 e. The molecule has 1 aromatic carbocycles. The van der Waals surface area contributed by atoms with E-state index in [1.807, 2.05) is 6.92 Å². The Morgan fingerprint density at radius 2 is 2.26 bits per heavy atom. The van der Waals surface area contributed by atoms with E-state index in [-0.39, 0.29) is 11.8 Å². The molecule has 0 aliphatic rings. The maximum Gasteiger partial charge on any atom is 0.166 e. The molecule has 2 N–H and O–H groups in total. The lowest BCUT2D eigenvalue weighted by Gasteiger charge is -2.08. The van der Waals surface area contributed by atoms with Crippen molar-refractivity contribution in [3.05, 3.63) is 42.0 Å². The van der Waals surface area contributed by atoms with E-state index in [0.29, 0.717) is 5.75 Å². The highest BCUT2D eigenvalue weighted by atomic mass is 19.1. The minimum Gasteiger partial charge on any atom is -0.451 e. The van der Waals surface area contributed by atoms with Gasteiger partial charge >= 0.3 is 0 Å². The number of ether oxygens (including phenoxy) is 1. The van der Waals surface area contributed by atoms with Crippen molar-refractivity contribution in [2.45, 2.75) is 32.9 Å². The van der Waals surface area contributed by atoms with Crippen LogP contribution in [0.5, 0.6) is 11.5 Å². The Morgan fingerprint density at radius 3 is 2.89 bits per heavy atom. The summed E-state index contributed by atoms with van der Waals surface area (Å²) in [6, 6.07) is 4.55. The van der Waals surface area contributed by atoms with Crippen LogP contribution in [0.2, 0.25) is 0 Å². The van der Waals surface area contributed by atoms with Crippen LogP contribution >= 0.6 is 0 Å². The number of hydrogen-bond donors (Lipinski definition) is 1. The molecule has 0 fully saturated rings. The van der Waals surface area contributed by atoms with Gasteiger partial charge in [-0.05, 0) is 31.0 Å². The molecule has 0 amide bonds. The number of benzene rings is 1. The van der Waals surface area contributed by atoms with Crippen molar-refractivity contribution in [1.82, 2.24) is 9.78 Å². The summed E-state index contributed by atoms with van der Waals surface area (Å²) in [6.07, 6.45) is 4.32. The van der Waals surface area contributed by atoms with Gasteiger partial charge in [0, 0.05) is 12.6 Å². The maximum atomic E-state index is 13.8. The fraction of sp³-hybridized carbons (Fsp3) is 0.357. The molecule has 1 atom stereocenters. The molecule has 5 heteroatoms. The molecule has 0 spiro atoms. The molecule has 102 valence electrons. The molecule has 19 heavy (non-hydrogen) atoms. The predicted octanol–water partition coefficient (Wildman–Crippen LogP) is 3.24. The van der Waals surface area contributed by atoms with Crippen molar-refractivity contribution in [1.29, 1.82) is 0 Å². The zero-order valence-corrected chi connectivity index (χ0v) is 11.1. The number of hydrogen-bond acceptors (Lipinski definition) is 3. The lowest BCUT2D eigenvalue weighted by atomic mass is 10.1.